The van der Waals surface area contributed by atoms with Crippen LogP contribution in [-0.2, 0) is 4.74 Å². The second kappa shape index (κ2) is 3.14. The number of aromatic nitrogens is 2. The maximum atomic E-state index is 11.3. The van der Waals surface area contributed by atoms with Crippen molar-refractivity contribution in [2.45, 2.75) is 6.92 Å². The Morgan fingerprint density at radius 3 is 3.00 bits per heavy atom. The predicted molar refractivity (Wildman–Crippen MR) is 51.3 cm³/mol. The molecule has 4 nitrogen and oxygen atoms in total. The van der Waals surface area contributed by atoms with Crippen LogP contribution in [0.4, 0.5) is 0 Å². The monoisotopic (exact) mass is 190 g/mol. The van der Waals surface area contributed by atoms with Crippen LogP contribution in [0.2, 0.25) is 0 Å². The highest BCUT2D eigenvalue weighted by Crippen LogP contribution is 2.10. The van der Waals surface area contributed by atoms with Crippen molar-refractivity contribution in [2.24, 2.45) is 0 Å². The largest absolute Gasteiger partial charge is 0.464 e. The van der Waals surface area contributed by atoms with Crippen molar-refractivity contribution in [3.8, 4) is 0 Å². The molecule has 2 heterocycles. The van der Waals surface area contributed by atoms with E-state index in [9.17, 15) is 4.79 Å². The van der Waals surface area contributed by atoms with Gasteiger partial charge in [0.1, 0.15) is 5.69 Å². The molecule has 0 bridgehead atoms. The molecule has 14 heavy (non-hydrogen) atoms. The number of hydrogen-bond donors (Lipinski definition) is 0. The molecule has 2 aromatic rings. The van der Waals surface area contributed by atoms with E-state index in [2.05, 4.69) is 9.72 Å². The van der Waals surface area contributed by atoms with Crippen LogP contribution in [0, 0.1) is 6.92 Å². The Kier molecular flexibility index (Phi) is 1.96. The number of ether oxygens (including phenoxy) is 1. The minimum atomic E-state index is -0.337. The molecule has 0 fully saturated rings. The van der Waals surface area contributed by atoms with Gasteiger partial charge in [-0.05, 0) is 19.1 Å². The fourth-order valence-electron chi connectivity index (χ4n) is 1.37. The molecule has 0 saturated heterocycles. The maximum absolute atomic E-state index is 11.3. The number of esters is 1. The van der Waals surface area contributed by atoms with Crippen LogP contribution in [0.3, 0.4) is 0 Å². The van der Waals surface area contributed by atoms with Gasteiger partial charge < -0.3 is 9.14 Å². The van der Waals surface area contributed by atoms with Crippen LogP contribution < -0.4 is 0 Å². The zero-order chi connectivity index (χ0) is 10.1. The summed E-state index contributed by atoms with van der Waals surface area (Å²) in [6.45, 7) is 1.88. The molecule has 0 aliphatic rings. The predicted octanol–water partition coefficient (Wildman–Crippen LogP) is 1.43. The molecule has 0 spiro atoms. The zero-order valence-electron chi connectivity index (χ0n) is 8.02. The van der Waals surface area contributed by atoms with E-state index in [1.807, 2.05) is 19.2 Å². The van der Waals surface area contributed by atoms with Crippen molar-refractivity contribution in [3.63, 3.8) is 0 Å². The average Bonchev–Trinajstić information content (AvgIpc) is 2.59. The van der Waals surface area contributed by atoms with Crippen molar-refractivity contribution in [1.82, 2.24) is 9.38 Å². The number of aryl methyl sites for hydroxylation is 1. The first kappa shape index (κ1) is 8.74. The van der Waals surface area contributed by atoms with E-state index in [0.29, 0.717) is 5.69 Å². The first-order chi connectivity index (χ1) is 6.72. The number of hydrogen-bond acceptors (Lipinski definition) is 3. The van der Waals surface area contributed by atoms with Gasteiger partial charge in [0.15, 0.2) is 0 Å². The highest BCUT2D eigenvalue weighted by atomic mass is 16.5. The summed E-state index contributed by atoms with van der Waals surface area (Å²) in [5.74, 6) is -0.337. The lowest BCUT2D eigenvalue weighted by Crippen LogP contribution is -2.05. The average molecular weight is 190 g/mol. The van der Waals surface area contributed by atoms with Crippen LogP contribution in [-0.4, -0.2) is 22.5 Å². The number of fused-ring (bicyclic) bond motifs is 1. The van der Waals surface area contributed by atoms with E-state index in [-0.39, 0.29) is 5.97 Å². The van der Waals surface area contributed by atoms with Crippen molar-refractivity contribution in [2.75, 3.05) is 7.11 Å². The van der Waals surface area contributed by atoms with Crippen molar-refractivity contribution in [3.05, 3.63) is 35.9 Å². The SMILES string of the molecule is COC(=O)c1ccc2cnc(C)cn12. The number of carbonyl (C=O) groups is 1. The van der Waals surface area contributed by atoms with E-state index in [1.54, 1.807) is 16.7 Å². The van der Waals surface area contributed by atoms with Gasteiger partial charge in [0.05, 0.1) is 24.5 Å². The zero-order valence-corrected chi connectivity index (χ0v) is 8.02. The molecule has 72 valence electrons. The Labute approximate surface area is 81.1 Å². The van der Waals surface area contributed by atoms with Gasteiger partial charge in [0, 0.05) is 6.20 Å². The number of methoxy groups -OCH3 is 1. The Bertz CT molecular complexity index is 488. The van der Waals surface area contributed by atoms with Gasteiger partial charge >= 0.3 is 5.97 Å². The first-order valence-electron chi connectivity index (χ1n) is 4.24. The van der Waals surface area contributed by atoms with Gasteiger partial charge in [-0.2, -0.15) is 0 Å². The van der Waals surface area contributed by atoms with Gasteiger partial charge in [-0.1, -0.05) is 0 Å². The van der Waals surface area contributed by atoms with E-state index in [4.69, 9.17) is 0 Å². The lowest BCUT2D eigenvalue weighted by molar-refractivity contribution is 0.0593. The molecule has 4 heteroatoms. The minimum absolute atomic E-state index is 0.337. The van der Waals surface area contributed by atoms with E-state index < -0.39 is 0 Å². The van der Waals surface area contributed by atoms with Gasteiger partial charge in [0.25, 0.3) is 0 Å². The molecule has 0 aliphatic heterocycles. The molecule has 0 aromatic carbocycles. The second-order valence-corrected chi connectivity index (χ2v) is 3.03. The Hall–Kier alpha value is -1.84. The van der Waals surface area contributed by atoms with Gasteiger partial charge in [-0.15, -0.1) is 0 Å². The highest BCUT2D eigenvalue weighted by molar-refractivity contribution is 5.89. The molecule has 0 unspecified atom stereocenters. The fourth-order valence-corrected chi connectivity index (χ4v) is 1.37. The second-order valence-electron chi connectivity index (χ2n) is 3.03. The molecule has 0 saturated carbocycles. The fraction of sp³-hybridized carbons (Fsp3) is 0.200. The number of rotatable bonds is 1. The van der Waals surface area contributed by atoms with E-state index >= 15 is 0 Å². The number of nitrogens with zero attached hydrogens (tertiary/aromatic N) is 2. The number of carbonyl (C=O) groups excluding carboxylic acids is 1. The molecular formula is C10H10N2O2. The normalized spacial score (nSPS) is 10.4. The third-order valence-electron chi connectivity index (χ3n) is 2.06. The molecule has 0 amide bonds. The smallest absolute Gasteiger partial charge is 0.355 e. The highest BCUT2D eigenvalue weighted by Gasteiger charge is 2.10. The Morgan fingerprint density at radius 1 is 1.50 bits per heavy atom. The molecule has 0 radical (unpaired) electrons. The Morgan fingerprint density at radius 2 is 2.29 bits per heavy atom. The van der Waals surface area contributed by atoms with Crippen LogP contribution in [0.25, 0.3) is 5.52 Å². The summed E-state index contributed by atoms with van der Waals surface area (Å²) in [5.41, 5.74) is 2.27. The summed E-state index contributed by atoms with van der Waals surface area (Å²) < 4.78 is 6.43. The summed E-state index contributed by atoms with van der Waals surface area (Å²) in [5, 5.41) is 0. The molecular weight excluding hydrogens is 180 g/mol. The third-order valence-corrected chi connectivity index (χ3v) is 2.06. The van der Waals surface area contributed by atoms with Gasteiger partial charge in [-0.3, -0.25) is 4.98 Å². The van der Waals surface area contributed by atoms with Crippen LogP contribution in [0.1, 0.15) is 16.2 Å². The van der Waals surface area contributed by atoms with Crippen LogP contribution in [0.5, 0.6) is 0 Å². The minimum Gasteiger partial charge on any atom is -0.464 e. The lowest BCUT2D eigenvalue weighted by atomic mass is 10.4. The van der Waals surface area contributed by atoms with Crippen LogP contribution >= 0.6 is 0 Å². The quantitative estimate of drug-likeness (QED) is 0.639. The van der Waals surface area contributed by atoms with Crippen molar-refractivity contribution >= 4 is 11.5 Å². The summed E-state index contributed by atoms with van der Waals surface area (Å²) in [6.07, 6.45) is 3.53. The Balaban J connectivity index is 2.67. The molecule has 0 atom stereocenters. The standard InChI is InChI=1S/C10H10N2O2/c1-7-6-12-8(5-11-7)3-4-9(12)10(13)14-2/h3-6H,1-2H3. The summed E-state index contributed by atoms with van der Waals surface area (Å²) in [4.78, 5) is 15.5. The summed E-state index contributed by atoms with van der Waals surface area (Å²) >= 11 is 0. The van der Waals surface area contributed by atoms with E-state index in [0.717, 1.165) is 11.2 Å². The summed E-state index contributed by atoms with van der Waals surface area (Å²) in [7, 11) is 1.37. The lowest BCUT2D eigenvalue weighted by Gasteiger charge is -2.01. The van der Waals surface area contributed by atoms with Crippen LogP contribution in [0.15, 0.2) is 24.5 Å². The van der Waals surface area contributed by atoms with Crippen molar-refractivity contribution < 1.29 is 9.53 Å². The van der Waals surface area contributed by atoms with Gasteiger partial charge in [0.2, 0.25) is 0 Å². The first-order valence-corrected chi connectivity index (χ1v) is 4.24. The molecule has 2 aromatic heterocycles. The van der Waals surface area contributed by atoms with E-state index in [1.165, 1.54) is 7.11 Å². The third kappa shape index (κ3) is 1.25. The molecule has 0 N–H and O–H groups in total. The summed E-state index contributed by atoms with van der Waals surface area (Å²) in [6, 6.07) is 3.56. The molecule has 2 rings (SSSR count). The van der Waals surface area contributed by atoms with Crippen molar-refractivity contribution in [1.29, 1.82) is 0 Å². The maximum Gasteiger partial charge on any atom is 0.355 e. The topological polar surface area (TPSA) is 43.6 Å². The van der Waals surface area contributed by atoms with Gasteiger partial charge in [-0.25, -0.2) is 4.79 Å². The molecule has 0 aliphatic carbocycles.